The average Bonchev–Trinajstić information content (AvgIpc) is 3.23. The van der Waals surface area contributed by atoms with Gasteiger partial charge in [-0.25, -0.2) is 4.98 Å². The molecule has 0 aliphatic carbocycles. The maximum absolute atomic E-state index is 5.90. The number of rotatable bonds is 8. The van der Waals surface area contributed by atoms with E-state index in [4.69, 9.17) is 20.8 Å². The third-order valence-corrected chi connectivity index (χ3v) is 4.55. The van der Waals surface area contributed by atoms with E-state index in [2.05, 4.69) is 15.2 Å². The maximum Gasteiger partial charge on any atom is 0.205 e. The van der Waals surface area contributed by atoms with E-state index < -0.39 is 0 Å². The molecule has 0 atom stereocenters. The maximum atomic E-state index is 5.90. The van der Waals surface area contributed by atoms with Gasteiger partial charge in [-0.3, -0.25) is 0 Å². The fourth-order valence-corrected chi connectivity index (χ4v) is 3.06. The molecule has 24 heavy (non-hydrogen) atoms. The quantitative estimate of drug-likeness (QED) is 0.446. The van der Waals surface area contributed by atoms with E-state index in [1.54, 1.807) is 31.4 Å². The van der Waals surface area contributed by atoms with Gasteiger partial charge in [0.05, 0.1) is 11.9 Å². The summed E-state index contributed by atoms with van der Waals surface area (Å²) in [6.45, 7) is 1.54. The molecule has 0 unspecified atom stereocenters. The lowest BCUT2D eigenvalue weighted by Gasteiger charge is -2.04. The minimum Gasteiger partial charge on any atom is -0.440 e. The lowest BCUT2D eigenvalue weighted by atomic mass is 10.2. The number of ether oxygens (including phenoxy) is 1. The van der Waals surface area contributed by atoms with Gasteiger partial charge in [-0.05, 0) is 30.7 Å². The van der Waals surface area contributed by atoms with E-state index in [9.17, 15) is 0 Å². The van der Waals surface area contributed by atoms with Gasteiger partial charge < -0.3 is 13.7 Å². The minimum atomic E-state index is 0.594. The van der Waals surface area contributed by atoms with Crippen LogP contribution in [0.25, 0.3) is 11.3 Å². The van der Waals surface area contributed by atoms with Crippen molar-refractivity contribution in [2.24, 2.45) is 0 Å². The van der Waals surface area contributed by atoms with Gasteiger partial charge in [0.15, 0.2) is 10.9 Å². The zero-order valence-electron chi connectivity index (χ0n) is 13.2. The predicted octanol–water partition coefficient (Wildman–Crippen LogP) is 3.92. The lowest BCUT2D eigenvalue weighted by Crippen LogP contribution is -2.02. The van der Waals surface area contributed by atoms with Crippen molar-refractivity contribution in [1.29, 1.82) is 0 Å². The molecule has 2 aromatic heterocycles. The molecule has 0 spiro atoms. The number of benzene rings is 1. The molecule has 126 valence electrons. The van der Waals surface area contributed by atoms with Crippen LogP contribution in [0.15, 0.2) is 46.4 Å². The third kappa shape index (κ3) is 4.37. The van der Waals surface area contributed by atoms with E-state index >= 15 is 0 Å². The normalized spacial score (nSPS) is 11.1. The van der Waals surface area contributed by atoms with Gasteiger partial charge in [-0.2, -0.15) is 0 Å². The first-order valence-corrected chi connectivity index (χ1v) is 8.83. The highest BCUT2D eigenvalue weighted by Gasteiger charge is 2.10. The van der Waals surface area contributed by atoms with E-state index in [-0.39, 0.29) is 0 Å². The molecule has 1 aromatic carbocycles. The molecule has 0 amide bonds. The second-order valence-corrected chi connectivity index (χ2v) is 6.45. The van der Waals surface area contributed by atoms with E-state index in [0.717, 1.165) is 29.4 Å². The second kappa shape index (κ2) is 8.32. The Morgan fingerprint density at radius 2 is 2.12 bits per heavy atom. The molecule has 0 N–H and O–H groups in total. The Kier molecular flexibility index (Phi) is 5.90. The molecule has 3 aromatic rings. The van der Waals surface area contributed by atoms with Crippen LogP contribution >= 0.6 is 23.4 Å². The summed E-state index contributed by atoms with van der Waals surface area (Å²) in [6.07, 6.45) is 4.37. The molecule has 6 nitrogen and oxygen atoms in total. The number of aromatic nitrogens is 4. The van der Waals surface area contributed by atoms with Gasteiger partial charge in [-0.1, -0.05) is 23.4 Å². The van der Waals surface area contributed by atoms with E-state index in [1.165, 1.54) is 0 Å². The zero-order valence-corrected chi connectivity index (χ0v) is 14.8. The van der Waals surface area contributed by atoms with E-state index in [0.29, 0.717) is 23.3 Å². The van der Waals surface area contributed by atoms with E-state index in [1.807, 2.05) is 28.8 Å². The first-order chi connectivity index (χ1) is 11.8. The van der Waals surface area contributed by atoms with Gasteiger partial charge in [0, 0.05) is 30.8 Å². The highest BCUT2D eigenvalue weighted by Crippen LogP contribution is 2.25. The summed E-state index contributed by atoms with van der Waals surface area (Å²) in [5.74, 6) is 1.97. The van der Waals surface area contributed by atoms with Crippen molar-refractivity contribution in [2.45, 2.75) is 23.9 Å². The van der Waals surface area contributed by atoms with Crippen molar-refractivity contribution in [2.75, 3.05) is 13.7 Å². The first-order valence-electron chi connectivity index (χ1n) is 7.46. The second-order valence-electron chi connectivity index (χ2n) is 5.07. The number of halogens is 1. The molecule has 0 bridgehead atoms. The standard InChI is InChI=1S/C16H17ClN4O2S/c1-22-8-2-7-21-11-19-20-16(21)24-10-15-18-9-14(23-15)12-3-5-13(17)6-4-12/h3-6,9,11H,2,7-8,10H2,1H3. The summed E-state index contributed by atoms with van der Waals surface area (Å²) in [4.78, 5) is 4.32. The minimum absolute atomic E-state index is 0.594. The van der Waals surface area contributed by atoms with Gasteiger partial charge in [0.25, 0.3) is 0 Å². The summed E-state index contributed by atoms with van der Waals surface area (Å²) < 4.78 is 12.9. The number of nitrogens with zero attached hydrogens (tertiary/aromatic N) is 4. The Balaban J connectivity index is 1.60. The van der Waals surface area contributed by atoms with Crippen LogP contribution in [0.2, 0.25) is 5.02 Å². The molecular weight excluding hydrogens is 348 g/mol. The number of methoxy groups -OCH3 is 1. The predicted molar refractivity (Wildman–Crippen MR) is 93.0 cm³/mol. The van der Waals surface area contributed by atoms with Crippen molar-refractivity contribution >= 4 is 23.4 Å². The topological polar surface area (TPSA) is 66.0 Å². The van der Waals surface area contributed by atoms with Crippen LogP contribution in [0, 0.1) is 0 Å². The Morgan fingerprint density at radius 3 is 2.92 bits per heavy atom. The van der Waals surface area contributed by atoms with Crippen molar-refractivity contribution < 1.29 is 9.15 Å². The van der Waals surface area contributed by atoms with Crippen LogP contribution in [0.4, 0.5) is 0 Å². The van der Waals surface area contributed by atoms with Crippen LogP contribution in [0.5, 0.6) is 0 Å². The summed E-state index contributed by atoms with van der Waals surface area (Å²) in [5, 5.41) is 9.64. The molecule has 2 heterocycles. The Hall–Kier alpha value is -1.83. The number of aryl methyl sites for hydroxylation is 1. The first kappa shape index (κ1) is 17.0. The molecule has 3 rings (SSSR count). The van der Waals surface area contributed by atoms with Gasteiger partial charge in [-0.15, -0.1) is 10.2 Å². The average molecular weight is 365 g/mol. The molecule has 0 fully saturated rings. The van der Waals surface area contributed by atoms with Crippen LogP contribution in [-0.4, -0.2) is 33.5 Å². The van der Waals surface area contributed by atoms with Gasteiger partial charge >= 0.3 is 0 Å². The van der Waals surface area contributed by atoms with Crippen molar-refractivity contribution in [3.05, 3.63) is 47.7 Å². The van der Waals surface area contributed by atoms with Crippen molar-refractivity contribution in [1.82, 2.24) is 19.7 Å². The molecule has 0 radical (unpaired) electrons. The van der Waals surface area contributed by atoms with Crippen LogP contribution in [-0.2, 0) is 17.0 Å². The Bertz CT molecular complexity index is 772. The number of hydrogen-bond acceptors (Lipinski definition) is 6. The molecule has 8 heteroatoms. The van der Waals surface area contributed by atoms with Crippen molar-refractivity contribution in [3.8, 4) is 11.3 Å². The number of hydrogen-bond donors (Lipinski definition) is 0. The van der Waals surface area contributed by atoms with Gasteiger partial charge in [0.1, 0.15) is 6.33 Å². The highest BCUT2D eigenvalue weighted by atomic mass is 35.5. The monoisotopic (exact) mass is 364 g/mol. The summed E-state index contributed by atoms with van der Waals surface area (Å²) in [5.41, 5.74) is 0.950. The lowest BCUT2D eigenvalue weighted by molar-refractivity contribution is 0.189. The molecular formula is C16H17ClN4O2S. The number of thioether (sulfide) groups is 1. The van der Waals surface area contributed by atoms with Gasteiger partial charge in [0.2, 0.25) is 5.89 Å². The zero-order chi connectivity index (χ0) is 16.8. The van der Waals surface area contributed by atoms with Crippen LogP contribution in [0.3, 0.4) is 0 Å². The highest BCUT2D eigenvalue weighted by molar-refractivity contribution is 7.98. The summed E-state index contributed by atoms with van der Waals surface area (Å²) in [6, 6.07) is 7.48. The molecule has 0 aliphatic heterocycles. The van der Waals surface area contributed by atoms with Crippen LogP contribution < -0.4 is 0 Å². The smallest absolute Gasteiger partial charge is 0.205 e. The summed E-state index contributed by atoms with van der Waals surface area (Å²) in [7, 11) is 1.70. The fourth-order valence-electron chi connectivity index (χ4n) is 2.14. The molecule has 0 saturated carbocycles. The Labute approximate surface area is 149 Å². The number of oxazole rings is 1. The summed E-state index contributed by atoms with van der Waals surface area (Å²) >= 11 is 7.45. The molecule has 0 aliphatic rings. The molecule has 0 saturated heterocycles. The Morgan fingerprint density at radius 1 is 1.29 bits per heavy atom. The SMILES string of the molecule is COCCCn1cnnc1SCc1ncc(-c2ccc(Cl)cc2)o1. The van der Waals surface area contributed by atoms with Crippen LogP contribution in [0.1, 0.15) is 12.3 Å². The largest absolute Gasteiger partial charge is 0.440 e. The third-order valence-electron chi connectivity index (χ3n) is 3.33. The fraction of sp³-hybridized carbons (Fsp3) is 0.312. The van der Waals surface area contributed by atoms with Crippen molar-refractivity contribution in [3.63, 3.8) is 0 Å².